The summed E-state index contributed by atoms with van der Waals surface area (Å²) in [5, 5.41) is 13.1. The average molecular weight is 477 g/mol. The van der Waals surface area contributed by atoms with Crippen molar-refractivity contribution in [2.45, 2.75) is 32.1 Å². The molecule has 1 amide bonds. The van der Waals surface area contributed by atoms with Crippen LogP contribution in [0.25, 0.3) is 0 Å². The second-order valence-electron chi connectivity index (χ2n) is 9.04. The van der Waals surface area contributed by atoms with Crippen LogP contribution in [-0.4, -0.2) is 31.9 Å². The first kappa shape index (κ1) is 23.5. The Kier molecular flexibility index (Phi) is 7.15. The van der Waals surface area contributed by atoms with E-state index in [1.165, 1.54) is 0 Å². The van der Waals surface area contributed by atoms with Crippen LogP contribution in [0.3, 0.4) is 0 Å². The summed E-state index contributed by atoms with van der Waals surface area (Å²) < 4.78 is 2.04. The van der Waals surface area contributed by atoms with Gasteiger partial charge in [-0.2, -0.15) is 5.26 Å². The number of pyridine rings is 1. The molecule has 2 aromatic carbocycles. The van der Waals surface area contributed by atoms with E-state index in [0.717, 1.165) is 35.5 Å². The fourth-order valence-corrected chi connectivity index (χ4v) is 4.85. The number of rotatable bonds is 9. The molecular weight excluding hydrogens is 448 g/mol. The van der Waals surface area contributed by atoms with E-state index in [9.17, 15) is 10.1 Å². The van der Waals surface area contributed by atoms with Crippen LogP contribution in [0.5, 0.6) is 0 Å². The molecule has 1 fully saturated rings. The fraction of sp³-hybridized carbons (Fsp3) is 0.241. The van der Waals surface area contributed by atoms with Gasteiger partial charge in [-0.05, 0) is 35.7 Å². The summed E-state index contributed by atoms with van der Waals surface area (Å²) in [6.45, 7) is 2.43. The predicted molar refractivity (Wildman–Crippen MR) is 136 cm³/mol. The topological polar surface area (TPSA) is 86.8 Å². The van der Waals surface area contributed by atoms with Gasteiger partial charge in [-0.3, -0.25) is 9.78 Å². The number of nitriles is 1. The Morgan fingerprint density at radius 2 is 1.83 bits per heavy atom. The summed E-state index contributed by atoms with van der Waals surface area (Å²) in [4.78, 5) is 24.4. The van der Waals surface area contributed by atoms with E-state index in [4.69, 9.17) is 0 Å². The molecule has 0 aliphatic carbocycles. The van der Waals surface area contributed by atoms with Gasteiger partial charge in [-0.15, -0.1) is 0 Å². The highest BCUT2D eigenvalue weighted by Crippen LogP contribution is 2.31. The van der Waals surface area contributed by atoms with E-state index in [1.807, 2.05) is 76.3 Å². The van der Waals surface area contributed by atoms with Gasteiger partial charge in [-0.25, -0.2) is 4.98 Å². The van der Waals surface area contributed by atoms with Crippen molar-refractivity contribution in [3.63, 3.8) is 0 Å². The molecule has 0 spiro atoms. The first-order chi connectivity index (χ1) is 17.7. The predicted octanol–water partition coefficient (Wildman–Crippen LogP) is 4.08. The minimum absolute atomic E-state index is 0.151. The van der Waals surface area contributed by atoms with Gasteiger partial charge in [0.25, 0.3) is 0 Å². The summed E-state index contributed by atoms with van der Waals surface area (Å²) in [6.07, 6.45) is 6.15. The highest BCUT2D eigenvalue weighted by Gasteiger charge is 2.38. The minimum Gasteiger partial charge on any atom is -0.338 e. The van der Waals surface area contributed by atoms with Gasteiger partial charge in [0.15, 0.2) is 0 Å². The molecule has 1 saturated heterocycles. The Hall–Kier alpha value is -4.28. The number of imidazole rings is 1. The quantitative estimate of drug-likeness (QED) is 0.393. The number of likely N-dealkylation sites (tertiary alicyclic amines) is 1. The average Bonchev–Trinajstić information content (AvgIpc) is 3.52. The SMILES string of the molecule is N#Cc1ccccc1Cn1cncc1CNC(c1ccccn1)C1CCN(Cc2ccccc2)C1=O. The van der Waals surface area contributed by atoms with Crippen molar-refractivity contribution in [3.8, 4) is 6.07 Å². The zero-order chi connectivity index (χ0) is 24.7. The number of benzene rings is 2. The molecule has 1 aliphatic rings. The van der Waals surface area contributed by atoms with Gasteiger partial charge >= 0.3 is 0 Å². The van der Waals surface area contributed by atoms with Crippen LogP contribution in [0.2, 0.25) is 0 Å². The van der Waals surface area contributed by atoms with Crippen molar-refractivity contribution >= 4 is 5.91 Å². The highest BCUT2D eigenvalue weighted by molar-refractivity contribution is 5.81. The Labute approximate surface area is 211 Å². The number of nitrogens with one attached hydrogen (secondary N) is 1. The first-order valence-corrected chi connectivity index (χ1v) is 12.2. The van der Waals surface area contributed by atoms with E-state index < -0.39 is 0 Å². The zero-order valence-electron chi connectivity index (χ0n) is 20.0. The molecule has 1 N–H and O–H groups in total. The number of amides is 1. The van der Waals surface area contributed by atoms with Crippen molar-refractivity contribution < 1.29 is 4.79 Å². The third-order valence-corrected chi connectivity index (χ3v) is 6.74. The van der Waals surface area contributed by atoms with E-state index >= 15 is 0 Å². The molecule has 3 heterocycles. The lowest BCUT2D eigenvalue weighted by Gasteiger charge is -2.24. The van der Waals surface area contributed by atoms with Crippen LogP contribution in [0.4, 0.5) is 0 Å². The monoisotopic (exact) mass is 476 g/mol. The van der Waals surface area contributed by atoms with E-state index in [0.29, 0.717) is 25.2 Å². The largest absolute Gasteiger partial charge is 0.338 e. The third-order valence-electron chi connectivity index (χ3n) is 6.74. The Morgan fingerprint density at radius 1 is 1.03 bits per heavy atom. The van der Waals surface area contributed by atoms with Gasteiger partial charge in [0, 0.05) is 32.0 Å². The van der Waals surface area contributed by atoms with Crippen LogP contribution in [0.15, 0.2) is 91.5 Å². The maximum Gasteiger partial charge on any atom is 0.228 e. The number of aromatic nitrogens is 3. The molecule has 2 aromatic heterocycles. The van der Waals surface area contributed by atoms with Crippen molar-refractivity contribution in [2.24, 2.45) is 5.92 Å². The normalized spacial score (nSPS) is 16.1. The molecular formula is C29H28N6O. The second kappa shape index (κ2) is 11.0. The summed E-state index contributed by atoms with van der Waals surface area (Å²) in [6, 6.07) is 25.6. The maximum atomic E-state index is 13.5. The van der Waals surface area contributed by atoms with Crippen molar-refractivity contribution in [1.82, 2.24) is 24.8 Å². The van der Waals surface area contributed by atoms with Gasteiger partial charge in [0.05, 0.1) is 47.9 Å². The lowest BCUT2D eigenvalue weighted by molar-refractivity contribution is -0.132. The minimum atomic E-state index is -0.214. The zero-order valence-corrected chi connectivity index (χ0v) is 20.0. The molecule has 2 unspecified atom stereocenters. The van der Waals surface area contributed by atoms with Crippen LogP contribution in [0.1, 0.15) is 40.5 Å². The molecule has 4 aromatic rings. The fourth-order valence-electron chi connectivity index (χ4n) is 4.85. The molecule has 0 radical (unpaired) electrons. The van der Waals surface area contributed by atoms with Gasteiger partial charge in [-0.1, -0.05) is 54.6 Å². The summed E-state index contributed by atoms with van der Waals surface area (Å²) in [7, 11) is 0. The first-order valence-electron chi connectivity index (χ1n) is 12.2. The van der Waals surface area contributed by atoms with Crippen molar-refractivity contribution in [3.05, 3.63) is 120 Å². The maximum absolute atomic E-state index is 13.5. The number of hydrogen-bond acceptors (Lipinski definition) is 5. The van der Waals surface area contributed by atoms with Crippen molar-refractivity contribution in [1.29, 1.82) is 5.26 Å². The van der Waals surface area contributed by atoms with Crippen LogP contribution >= 0.6 is 0 Å². The Bertz CT molecular complexity index is 1340. The molecule has 0 bridgehead atoms. The molecule has 5 rings (SSSR count). The molecule has 2 atom stereocenters. The summed E-state index contributed by atoms with van der Waals surface area (Å²) in [5.74, 6) is -0.0437. The van der Waals surface area contributed by atoms with Crippen LogP contribution in [-0.2, 0) is 24.4 Å². The van der Waals surface area contributed by atoms with Gasteiger partial charge < -0.3 is 14.8 Å². The molecule has 36 heavy (non-hydrogen) atoms. The van der Waals surface area contributed by atoms with Gasteiger partial charge in [0.2, 0.25) is 5.91 Å². The van der Waals surface area contributed by atoms with Gasteiger partial charge in [0.1, 0.15) is 0 Å². The molecule has 1 aliphatic heterocycles. The van der Waals surface area contributed by atoms with Crippen LogP contribution < -0.4 is 5.32 Å². The van der Waals surface area contributed by atoms with E-state index in [1.54, 1.807) is 12.5 Å². The summed E-state index contributed by atoms with van der Waals surface area (Å²) >= 11 is 0. The van der Waals surface area contributed by atoms with Crippen molar-refractivity contribution in [2.75, 3.05) is 6.54 Å². The Morgan fingerprint density at radius 3 is 2.64 bits per heavy atom. The number of carbonyl (C=O) groups excluding carboxylic acids is 1. The Balaban J connectivity index is 1.33. The smallest absolute Gasteiger partial charge is 0.228 e. The molecule has 7 nitrogen and oxygen atoms in total. The van der Waals surface area contributed by atoms with E-state index in [-0.39, 0.29) is 17.9 Å². The lowest BCUT2D eigenvalue weighted by atomic mass is 9.94. The molecule has 180 valence electrons. The highest BCUT2D eigenvalue weighted by atomic mass is 16.2. The second-order valence-corrected chi connectivity index (χ2v) is 9.04. The number of hydrogen-bond donors (Lipinski definition) is 1. The van der Waals surface area contributed by atoms with E-state index in [2.05, 4.69) is 33.5 Å². The third kappa shape index (κ3) is 5.19. The molecule has 0 saturated carbocycles. The lowest BCUT2D eigenvalue weighted by Crippen LogP contribution is -2.35. The summed E-state index contributed by atoms with van der Waals surface area (Å²) in [5.41, 5.74) is 4.58. The molecule has 7 heteroatoms. The standard InChI is InChI=1S/C29H28N6O/c30-16-23-10-4-5-11-24(23)20-35-21-31-17-25(35)18-33-28(27-12-6-7-14-32-27)26-13-15-34(29(26)36)19-22-8-2-1-3-9-22/h1-12,14,17,21,26,28,33H,13,15,18-20H2. The van der Waals surface area contributed by atoms with Crippen LogP contribution in [0, 0.1) is 17.2 Å². The number of carbonyl (C=O) groups is 1. The number of nitrogens with zero attached hydrogens (tertiary/aromatic N) is 5.